The van der Waals surface area contributed by atoms with Crippen LogP contribution in [0.15, 0.2) is 48.7 Å². The first-order valence-corrected chi connectivity index (χ1v) is 4.55. The van der Waals surface area contributed by atoms with Gasteiger partial charge in [-0.1, -0.05) is 18.2 Å². The van der Waals surface area contributed by atoms with E-state index in [1.165, 1.54) is 0 Å². The highest BCUT2D eigenvalue weighted by molar-refractivity contribution is 5.42. The Labute approximate surface area is 83.6 Å². The average molecular weight is 183 g/mol. The minimum absolute atomic E-state index is 0.755. The Morgan fingerprint density at radius 1 is 1.14 bits per heavy atom. The van der Waals surface area contributed by atoms with E-state index in [1.54, 1.807) is 6.20 Å². The SMILES string of the molecule is [c]1ccc(NCc2ccccn2)cc1. The van der Waals surface area contributed by atoms with E-state index in [0.29, 0.717) is 0 Å². The van der Waals surface area contributed by atoms with Crippen LogP contribution in [0.1, 0.15) is 5.69 Å². The van der Waals surface area contributed by atoms with Gasteiger partial charge >= 0.3 is 0 Å². The molecule has 2 nitrogen and oxygen atoms in total. The lowest BCUT2D eigenvalue weighted by molar-refractivity contribution is 1.05. The summed E-state index contributed by atoms with van der Waals surface area (Å²) in [6.07, 6.45) is 1.80. The summed E-state index contributed by atoms with van der Waals surface area (Å²) in [5.41, 5.74) is 2.13. The zero-order valence-corrected chi connectivity index (χ0v) is 7.77. The van der Waals surface area contributed by atoms with E-state index in [1.807, 2.05) is 42.5 Å². The van der Waals surface area contributed by atoms with Crippen LogP contribution in [0.25, 0.3) is 0 Å². The van der Waals surface area contributed by atoms with Crippen LogP contribution in [0, 0.1) is 6.07 Å². The highest BCUT2D eigenvalue weighted by atomic mass is 14.9. The first-order valence-electron chi connectivity index (χ1n) is 4.55. The van der Waals surface area contributed by atoms with Crippen molar-refractivity contribution >= 4 is 5.69 Å². The molecule has 0 aliphatic rings. The van der Waals surface area contributed by atoms with Crippen LogP contribution in [0.5, 0.6) is 0 Å². The number of hydrogen-bond donors (Lipinski definition) is 1. The summed E-state index contributed by atoms with van der Waals surface area (Å²) >= 11 is 0. The van der Waals surface area contributed by atoms with Crippen LogP contribution in [0.3, 0.4) is 0 Å². The second-order valence-corrected chi connectivity index (χ2v) is 2.96. The van der Waals surface area contributed by atoms with Crippen molar-refractivity contribution in [3.05, 3.63) is 60.4 Å². The van der Waals surface area contributed by atoms with Gasteiger partial charge in [0.05, 0.1) is 12.2 Å². The van der Waals surface area contributed by atoms with Crippen molar-refractivity contribution < 1.29 is 0 Å². The first kappa shape index (κ1) is 8.75. The second kappa shape index (κ2) is 4.42. The van der Waals surface area contributed by atoms with E-state index in [-0.39, 0.29) is 0 Å². The van der Waals surface area contributed by atoms with Crippen molar-refractivity contribution in [1.82, 2.24) is 4.98 Å². The van der Waals surface area contributed by atoms with E-state index < -0.39 is 0 Å². The van der Waals surface area contributed by atoms with Crippen LogP contribution in [-0.2, 0) is 6.54 Å². The molecule has 2 heteroatoms. The minimum atomic E-state index is 0.755. The molecule has 0 bridgehead atoms. The minimum Gasteiger partial charge on any atom is -0.379 e. The van der Waals surface area contributed by atoms with Crippen LogP contribution in [0.2, 0.25) is 0 Å². The van der Waals surface area contributed by atoms with Gasteiger partial charge < -0.3 is 5.32 Å². The van der Waals surface area contributed by atoms with Gasteiger partial charge in [0.25, 0.3) is 0 Å². The van der Waals surface area contributed by atoms with E-state index in [9.17, 15) is 0 Å². The second-order valence-electron chi connectivity index (χ2n) is 2.96. The van der Waals surface area contributed by atoms with Gasteiger partial charge in [0, 0.05) is 11.9 Å². The molecule has 0 amide bonds. The van der Waals surface area contributed by atoms with E-state index in [0.717, 1.165) is 17.9 Å². The molecule has 0 aliphatic carbocycles. The molecule has 2 aromatic rings. The maximum atomic E-state index is 4.22. The Kier molecular flexibility index (Phi) is 2.76. The number of hydrogen-bond acceptors (Lipinski definition) is 2. The Hall–Kier alpha value is -1.83. The zero-order chi connectivity index (χ0) is 9.64. The highest BCUT2D eigenvalue weighted by Crippen LogP contribution is 2.06. The van der Waals surface area contributed by atoms with Gasteiger partial charge in [0.2, 0.25) is 0 Å². The summed E-state index contributed by atoms with van der Waals surface area (Å²) in [5.74, 6) is 0. The molecule has 1 aromatic heterocycles. The zero-order valence-electron chi connectivity index (χ0n) is 7.77. The number of anilines is 1. The standard InChI is InChI=1S/C12H11N2/c1-2-6-11(7-3-1)14-10-12-8-4-5-9-13-12/h2-9,14H,10H2. The van der Waals surface area contributed by atoms with Crippen molar-refractivity contribution in [3.8, 4) is 0 Å². The Morgan fingerprint density at radius 3 is 2.71 bits per heavy atom. The van der Waals surface area contributed by atoms with Gasteiger partial charge in [-0.05, 0) is 30.3 Å². The van der Waals surface area contributed by atoms with Gasteiger partial charge in [-0.15, -0.1) is 0 Å². The van der Waals surface area contributed by atoms with Crippen LogP contribution in [0.4, 0.5) is 5.69 Å². The van der Waals surface area contributed by atoms with Crippen LogP contribution >= 0.6 is 0 Å². The van der Waals surface area contributed by atoms with Crippen LogP contribution < -0.4 is 5.32 Å². The Bertz CT molecular complexity index is 331. The predicted octanol–water partition coefficient (Wildman–Crippen LogP) is 2.49. The van der Waals surface area contributed by atoms with Crippen molar-refractivity contribution in [1.29, 1.82) is 0 Å². The van der Waals surface area contributed by atoms with Gasteiger partial charge in [-0.25, -0.2) is 0 Å². The molecule has 0 saturated carbocycles. The first-order chi connectivity index (χ1) is 6.95. The van der Waals surface area contributed by atoms with Crippen molar-refractivity contribution in [2.24, 2.45) is 0 Å². The van der Waals surface area contributed by atoms with E-state index >= 15 is 0 Å². The normalized spacial score (nSPS) is 9.71. The lowest BCUT2D eigenvalue weighted by atomic mass is 10.3. The molecule has 1 aromatic carbocycles. The predicted molar refractivity (Wildman–Crippen MR) is 56.8 cm³/mol. The topological polar surface area (TPSA) is 24.9 Å². The molecule has 1 radical (unpaired) electrons. The van der Waals surface area contributed by atoms with Crippen LogP contribution in [-0.4, -0.2) is 4.98 Å². The Morgan fingerprint density at radius 2 is 2.00 bits per heavy atom. The Balaban J connectivity index is 1.96. The maximum Gasteiger partial charge on any atom is 0.0594 e. The molecular formula is C12H11N2. The van der Waals surface area contributed by atoms with E-state index in [2.05, 4.69) is 16.4 Å². The van der Waals surface area contributed by atoms with Gasteiger partial charge in [-0.2, -0.15) is 0 Å². The summed E-state index contributed by atoms with van der Waals surface area (Å²) < 4.78 is 0. The fraction of sp³-hybridized carbons (Fsp3) is 0.0833. The summed E-state index contributed by atoms with van der Waals surface area (Å²) in [6, 6.07) is 16.6. The molecule has 0 saturated heterocycles. The number of aromatic nitrogens is 1. The summed E-state index contributed by atoms with van der Waals surface area (Å²) in [5, 5.41) is 3.28. The number of benzene rings is 1. The number of nitrogens with one attached hydrogen (secondary N) is 1. The molecule has 14 heavy (non-hydrogen) atoms. The molecule has 0 unspecified atom stereocenters. The molecule has 0 aliphatic heterocycles. The molecule has 2 rings (SSSR count). The average Bonchev–Trinajstić information content (AvgIpc) is 2.29. The quantitative estimate of drug-likeness (QED) is 0.790. The molecule has 1 heterocycles. The number of nitrogens with zero attached hydrogens (tertiary/aromatic N) is 1. The number of pyridine rings is 1. The smallest absolute Gasteiger partial charge is 0.0594 e. The van der Waals surface area contributed by atoms with Crippen molar-refractivity contribution in [2.75, 3.05) is 5.32 Å². The van der Waals surface area contributed by atoms with Gasteiger partial charge in [-0.3, -0.25) is 4.98 Å². The summed E-state index contributed by atoms with van der Waals surface area (Å²) in [6.45, 7) is 0.755. The summed E-state index contributed by atoms with van der Waals surface area (Å²) in [7, 11) is 0. The maximum absolute atomic E-state index is 4.22. The lowest BCUT2D eigenvalue weighted by Crippen LogP contribution is -2.00. The molecule has 0 spiro atoms. The largest absolute Gasteiger partial charge is 0.379 e. The van der Waals surface area contributed by atoms with Crippen molar-refractivity contribution in [3.63, 3.8) is 0 Å². The third-order valence-electron chi connectivity index (χ3n) is 1.92. The molecule has 69 valence electrons. The fourth-order valence-corrected chi connectivity index (χ4v) is 1.20. The molecule has 0 fully saturated rings. The number of rotatable bonds is 3. The fourth-order valence-electron chi connectivity index (χ4n) is 1.20. The van der Waals surface area contributed by atoms with E-state index in [4.69, 9.17) is 0 Å². The summed E-state index contributed by atoms with van der Waals surface area (Å²) in [4.78, 5) is 4.22. The third-order valence-corrected chi connectivity index (χ3v) is 1.92. The molecule has 0 atom stereocenters. The highest BCUT2D eigenvalue weighted by Gasteiger charge is 1.92. The molecular weight excluding hydrogens is 172 g/mol. The monoisotopic (exact) mass is 183 g/mol. The van der Waals surface area contributed by atoms with Crippen molar-refractivity contribution in [2.45, 2.75) is 6.54 Å². The third kappa shape index (κ3) is 2.33. The lowest BCUT2D eigenvalue weighted by Gasteiger charge is -2.04. The molecule has 1 N–H and O–H groups in total. The van der Waals surface area contributed by atoms with Gasteiger partial charge in [0.1, 0.15) is 0 Å². The van der Waals surface area contributed by atoms with Gasteiger partial charge in [0.15, 0.2) is 0 Å².